The molecule has 0 radical (unpaired) electrons. The molecule has 0 N–H and O–H groups in total. The van der Waals surface area contributed by atoms with Crippen LogP contribution in [0.4, 0.5) is 0 Å². The SMILES string of the molecule is Cc1ccc2nc(C(=O)N3CCO[C@H](c4cc(C)nc(C)n4)C3)cn2c1. The molecule has 0 saturated carbocycles. The van der Waals surface area contributed by atoms with Crippen molar-refractivity contribution in [1.82, 2.24) is 24.3 Å². The van der Waals surface area contributed by atoms with E-state index in [0.717, 1.165) is 22.6 Å². The van der Waals surface area contributed by atoms with Crippen molar-refractivity contribution in [2.45, 2.75) is 26.9 Å². The molecular formula is C19H21N5O2. The van der Waals surface area contributed by atoms with Gasteiger partial charge in [0.25, 0.3) is 5.91 Å². The number of imidazole rings is 1. The number of amides is 1. The number of nitrogens with zero attached hydrogens (tertiary/aromatic N) is 5. The van der Waals surface area contributed by atoms with Crippen molar-refractivity contribution in [3.05, 3.63) is 59.1 Å². The van der Waals surface area contributed by atoms with Crippen LogP contribution in [-0.2, 0) is 4.74 Å². The zero-order valence-electron chi connectivity index (χ0n) is 15.1. The summed E-state index contributed by atoms with van der Waals surface area (Å²) in [5.74, 6) is 0.630. The van der Waals surface area contributed by atoms with Crippen molar-refractivity contribution in [3.8, 4) is 0 Å². The van der Waals surface area contributed by atoms with Crippen LogP contribution in [0.25, 0.3) is 5.65 Å². The van der Waals surface area contributed by atoms with Gasteiger partial charge in [0.15, 0.2) is 0 Å². The summed E-state index contributed by atoms with van der Waals surface area (Å²) in [5, 5.41) is 0. The van der Waals surface area contributed by atoms with E-state index in [9.17, 15) is 4.79 Å². The molecule has 0 unspecified atom stereocenters. The van der Waals surface area contributed by atoms with Gasteiger partial charge in [0.05, 0.1) is 18.8 Å². The average Bonchev–Trinajstić information content (AvgIpc) is 3.03. The summed E-state index contributed by atoms with van der Waals surface area (Å²) < 4.78 is 7.74. The van der Waals surface area contributed by atoms with Gasteiger partial charge in [-0.1, -0.05) is 6.07 Å². The number of fused-ring (bicyclic) bond motifs is 1. The molecule has 1 saturated heterocycles. The number of aromatic nitrogens is 4. The van der Waals surface area contributed by atoms with Gasteiger partial charge >= 0.3 is 0 Å². The summed E-state index contributed by atoms with van der Waals surface area (Å²) in [6, 6.07) is 5.82. The Bertz CT molecular complexity index is 961. The fourth-order valence-corrected chi connectivity index (χ4v) is 3.29. The quantitative estimate of drug-likeness (QED) is 0.708. The van der Waals surface area contributed by atoms with Crippen LogP contribution < -0.4 is 0 Å². The highest BCUT2D eigenvalue weighted by Gasteiger charge is 2.28. The maximum absolute atomic E-state index is 12.9. The van der Waals surface area contributed by atoms with Crippen LogP contribution in [-0.4, -0.2) is 49.9 Å². The Hall–Kier alpha value is -2.80. The van der Waals surface area contributed by atoms with Crippen LogP contribution in [0, 0.1) is 20.8 Å². The van der Waals surface area contributed by atoms with E-state index in [-0.39, 0.29) is 12.0 Å². The summed E-state index contributed by atoms with van der Waals surface area (Å²) in [5.41, 5.74) is 4.06. The lowest BCUT2D eigenvalue weighted by atomic mass is 10.1. The molecule has 7 heteroatoms. The van der Waals surface area contributed by atoms with Crippen LogP contribution in [0.2, 0.25) is 0 Å². The molecular weight excluding hydrogens is 330 g/mol. The molecule has 1 amide bonds. The summed E-state index contributed by atoms with van der Waals surface area (Å²) in [6.07, 6.45) is 3.51. The van der Waals surface area contributed by atoms with E-state index in [2.05, 4.69) is 15.0 Å². The molecule has 1 atom stereocenters. The first kappa shape index (κ1) is 16.7. The van der Waals surface area contributed by atoms with Crippen LogP contribution in [0.15, 0.2) is 30.6 Å². The minimum atomic E-state index is -0.243. The third-order valence-electron chi connectivity index (χ3n) is 4.49. The Labute approximate surface area is 151 Å². The Morgan fingerprint density at radius 1 is 1.15 bits per heavy atom. The maximum atomic E-state index is 12.9. The van der Waals surface area contributed by atoms with Crippen molar-refractivity contribution in [2.24, 2.45) is 0 Å². The highest BCUT2D eigenvalue weighted by atomic mass is 16.5. The summed E-state index contributed by atoms with van der Waals surface area (Å²) in [7, 11) is 0. The molecule has 134 valence electrons. The number of carbonyl (C=O) groups is 1. The van der Waals surface area contributed by atoms with Gasteiger partial charge in [-0.25, -0.2) is 15.0 Å². The molecule has 3 aromatic rings. The molecule has 1 fully saturated rings. The average molecular weight is 351 g/mol. The predicted molar refractivity (Wildman–Crippen MR) is 96.0 cm³/mol. The van der Waals surface area contributed by atoms with Gasteiger partial charge in [0.1, 0.15) is 23.3 Å². The van der Waals surface area contributed by atoms with Crippen molar-refractivity contribution in [3.63, 3.8) is 0 Å². The predicted octanol–water partition coefficient (Wildman–Crippen LogP) is 2.26. The standard InChI is InChI=1S/C19H21N5O2/c1-12-4-5-18-22-16(10-24(18)9-12)19(25)23-6-7-26-17(11-23)15-8-13(2)20-14(3)21-15/h4-5,8-10,17H,6-7,11H2,1-3H3/t17-/m0/s1. The van der Waals surface area contributed by atoms with Crippen molar-refractivity contribution in [2.75, 3.05) is 19.7 Å². The monoisotopic (exact) mass is 351 g/mol. The minimum absolute atomic E-state index is 0.0813. The van der Waals surface area contributed by atoms with E-state index in [0.29, 0.717) is 31.2 Å². The van der Waals surface area contributed by atoms with E-state index >= 15 is 0 Å². The number of hydrogen-bond acceptors (Lipinski definition) is 5. The summed E-state index contributed by atoms with van der Waals surface area (Å²) in [6.45, 7) is 7.29. The Morgan fingerprint density at radius 3 is 2.81 bits per heavy atom. The minimum Gasteiger partial charge on any atom is -0.368 e. The maximum Gasteiger partial charge on any atom is 0.274 e. The largest absolute Gasteiger partial charge is 0.368 e. The fourth-order valence-electron chi connectivity index (χ4n) is 3.29. The summed E-state index contributed by atoms with van der Waals surface area (Å²) >= 11 is 0. The Balaban J connectivity index is 1.57. The van der Waals surface area contributed by atoms with E-state index in [1.807, 2.05) is 49.6 Å². The van der Waals surface area contributed by atoms with Crippen LogP contribution >= 0.6 is 0 Å². The topological polar surface area (TPSA) is 72.6 Å². The van der Waals surface area contributed by atoms with Gasteiger partial charge in [-0.15, -0.1) is 0 Å². The Morgan fingerprint density at radius 2 is 2.00 bits per heavy atom. The lowest BCUT2D eigenvalue weighted by Crippen LogP contribution is -2.42. The van der Waals surface area contributed by atoms with Crippen LogP contribution in [0.1, 0.15) is 39.4 Å². The van der Waals surface area contributed by atoms with Crippen LogP contribution in [0.3, 0.4) is 0 Å². The molecule has 1 aliphatic rings. The van der Waals surface area contributed by atoms with E-state index in [4.69, 9.17) is 4.74 Å². The first-order valence-corrected chi connectivity index (χ1v) is 8.68. The van der Waals surface area contributed by atoms with Gasteiger partial charge < -0.3 is 14.0 Å². The summed E-state index contributed by atoms with van der Waals surface area (Å²) in [4.78, 5) is 28.0. The van der Waals surface area contributed by atoms with Gasteiger partial charge in [-0.2, -0.15) is 0 Å². The van der Waals surface area contributed by atoms with Gasteiger partial charge in [0, 0.05) is 24.6 Å². The number of ether oxygens (including phenoxy) is 1. The van der Waals surface area contributed by atoms with Crippen molar-refractivity contribution >= 4 is 11.6 Å². The molecule has 1 aliphatic heterocycles. The molecule has 0 bridgehead atoms. The second-order valence-electron chi connectivity index (χ2n) is 6.69. The second-order valence-corrected chi connectivity index (χ2v) is 6.69. The normalized spacial score (nSPS) is 17.7. The number of hydrogen-bond donors (Lipinski definition) is 0. The first-order chi connectivity index (χ1) is 12.5. The molecule has 4 rings (SSSR count). The van der Waals surface area contributed by atoms with Gasteiger partial charge in [-0.3, -0.25) is 4.79 Å². The number of rotatable bonds is 2. The van der Waals surface area contributed by atoms with Gasteiger partial charge in [0.2, 0.25) is 0 Å². The molecule has 3 aromatic heterocycles. The molecule has 0 aromatic carbocycles. The second kappa shape index (κ2) is 6.49. The van der Waals surface area contributed by atoms with E-state index in [1.54, 1.807) is 11.1 Å². The highest BCUT2D eigenvalue weighted by Crippen LogP contribution is 2.22. The molecule has 0 aliphatic carbocycles. The lowest BCUT2D eigenvalue weighted by Gasteiger charge is -2.32. The van der Waals surface area contributed by atoms with Crippen molar-refractivity contribution in [1.29, 1.82) is 0 Å². The number of carbonyl (C=O) groups excluding carboxylic acids is 1. The van der Waals surface area contributed by atoms with Crippen molar-refractivity contribution < 1.29 is 9.53 Å². The smallest absolute Gasteiger partial charge is 0.274 e. The first-order valence-electron chi connectivity index (χ1n) is 8.68. The fraction of sp³-hybridized carbons (Fsp3) is 0.368. The lowest BCUT2D eigenvalue weighted by molar-refractivity contribution is -0.0250. The third-order valence-corrected chi connectivity index (χ3v) is 4.49. The Kier molecular flexibility index (Phi) is 4.16. The van der Waals surface area contributed by atoms with E-state index in [1.165, 1.54) is 0 Å². The zero-order chi connectivity index (χ0) is 18.3. The number of aryl methyl sites for hydroxylation is 3. The molecule has 0 spiro atoms. The molecule has 26 heavy (non-hydrogen) atoms. The number of pyridine rings is 1. The van der Waals surface area contributed by atoms with Crippen LogP contribution in [0.5, 0.6) is 0 Å². The molecule has 7 nitrogen and oxygen atoms in total. The third kappa shape index (κ3) is 3.17. The zero-order valence-corrected chi connectivity index (χ0v) is 15.1. The number of morpholine rings is 1. The highest BCUT2D eigenvalue weighted by molar-refractivity contribution is 5.93. The molecule has 4 heterocycles. The van der Waals surface area contributed by atoms with Gasteiger partial charge in [-0.05, 0) is 38.5 Å². The van der Waals surface area contributed by atoms with E-state index < -0.39 is 0 Å².